The number of nitrogens with one attached hydrogen (secondary N) is 2. The minimum absolute atomic E-state index is 0. The third-order valence-electron chi connectivity index (χ3n) is 3.75. The number of aliphatic imine (C=N–C) groups is 1. The lowest BCUT2D eigenvalue weighted by Gasteiger charge is -2.23. The van der Waals surface area contributed by atoms with Crippen molar-refractivity contribution >= 4 is 47.4 Å². The maximum atomic E-state index is 12.7. The first-order chi connectivity index (χ1) is 13.0. The number of guanidine groups is 1. The first kappa shape index (κ1) is 25.7. The Morgan fingerprint density at radius 2 is 2.10 bits per heavy atom. The van der Waals surface area contributed by atoms with E-state index < -0.39 is 23.6 Å². The number of hydrogen-bond acceptors (Lipinski definition) is 5. The zero-order chi connectivity index (χ0) is 20.9. The van der Waals surface area contributed by atoms with Crippen LogP contribution in [0.4, 0.5) is 18.0 Å². The first-order valence-corrected chi connectivity index (χ1v) is 9.90. The zero-order valence-corrected chi connectivity index (χ0v) is 19.9. The van der Waals surface area contributed by atoms with Gasteiger partial charge in [-0.15, -0.1) is 35.3 Å². The summed E-state index contributed by atoms with van der Waals surface area (Å²) in [6.45, 7) is 9.18. The smallest absolute Gasteiger partial charge is 0.434 e. The van der Waals surface area contributed by atoms with Crippen molar-refractivity contribution in [2.24, 2.45) is 4.99 Å². The number of aromatic nitrogens is 1. The van der Waals surface area contributed by atoms with Crippen molar-refractivity contribution in [2.45, 2.75) is 58.5 Å². The van der Waals surface area contributed by atoms with Gasteiger partial charge in [-0.1, -0.05) is 0 Å². The molecule has 1 aromatic heterocycles. The normalized spacial score (nSPS) is 17.7. The Bertz CT molecular complexity index is 706. The molecular formula is C17H27F3IN5O2S. The lowest BCUT2D eigenvalue weighted by Crippen LogP contribution is -2.44. The van der Waals surface area contributed by atoms with Crippen LogP contribution in [0.3, 0.4) is 0 Å². The molecule has 1 atom stereocenters. The monoisotopic (exact) mass is 549 g/mol. The number of alkyl carbamates (subject to hydrolysis) is 1. The number of amides is 1. The van der Waals surface area contributed by atoms with E-state index in [1.165, 1.54) is 0 Å². The van der Waals surface area contributed by atoms with Crippen LogP contribution in [-0.2, 0) is 17.5 Å². The predicted octanol–water partition coefficient (Wildman–Crippen LogP) is 3.84. The van der Waals surface area contributed by atoms with Crippen molar-refractivity contribution in [3.63, 3.8) is 0 Å². The van der Waals surface area contributed by atoms with Gasteiger partial charge in [-0.25, -0.2) is 14.8 Å². The van der Waals surface area contributed by atoms with Crippen LogP contribution in [0.1, 0.15) is 44.8 Å². The second-order valence-corrected chi connectivity index (χ2v) is 8.31. The molecule has 0 aliphatic carbocycles. The topological polar surface area (TPSA) is 78.9 Å². The summed E-state index contributed by atoms with van der Waals surface area (Å²) in [5.74, 6) is 0.583. The molecular weight excluding hydrogens is 522 g/mol. The molecule has 1 aliphatic heterocycles. The van der Waals surface area contributed by atoms with Gasteiger partial charge in [0.05, 0.1) is 12.6 Å². The van der Waals surface area contributed by atoms with Crippen molar-refractivity contribution in [1.82, 2.24) is 20.5 Å². The SMILES string of the molecule is CCNC(=NCc1nc(C(F)(F)F)cs1)N1CCC(NC(=O)OC(C)(C)C)C1.I. The molecule has 1 amide bonds. The van der Waals surface area contributed by atoms with E-state index in [1.807, 2.05) is 11.8 Å². The number of carbonyl (C=O) groups is 1. The number of rotatable bonds is 4. The fraction of sp³-hybridized carbons (Fsp3) is 0.706. The maximum Gasteiger partial charge on any atom is 0.434 e. The van der Waals surface area contributed by atoms with Gasteiger partial charge in [-0.2, -0.15) is 13.2 Å². The molecule has 1 saturated heterocycles. The highest BCUT2D eigenvalue weighted by Gasteiger charge is 2.33. The maximum absolute atomic E-state index is 12.7. The molecule has 0 bridgehead atoms. The summed E-state index contributed by atoms with van der Waals surface area (Å²) in [5.41, 5.74) is -1.46. The average Bonchev–Trinajstić information content (AvgIpc) is 3.18. The van der Waals surface area contributed by atoms with Crippen molar-refractivity contribution in [3.8, 4) is 0 Å². The van der Waals surface area contributed by atoms with Crippen molar-refractivity contribution in [2.75, 3.05) is 19.6 Å². The quantitative estimate of drug-likeness (QED) is 0.339. The average molecular weight is 549 g/mol. The summed E-state index contributed by atoms with van der Waals surface area (Å²) < 4.78 is 43.2. The van der Waals surface area contributed by atoms with Crippen molar-refractivity contribution in [1.29, 1.82) is 0 Å². The van der Waals surface area contributed by atoms with Gasteiger partial charge in [0, 0.05) is 25.0 Å². The molecule has 166 valence electrons. The minimum atomic E-state index is -4.45. The molecule has 7 nitrogen and oxygen atoms in total. The summed E-state index contributed by atoms with van der Waals surface area (Å²) >= 11 is 0.935. The summed E-state index contributed by atoms with van der Waals surface area (Å²) in [6.07, 6.45) is -4.19. The third-order valence-corrected chi connectivity index (χ3v) is 4.58. The van der Waals surface area contributed by atoms with Gasteiger partial charge in [-0.05, 0) is 34.1 Å². The molecule has 2 rings (SSSR count). The van der Waals surface area contributed by atoms with E-state index in [2.05, 4.69) is 20.6 Å². The number of alkyl halides is 3. The van der Waals surface area contributed by atoms with Crippen LogP contribution in [0.2, 0.25) is 0 Å². The van der Waals surface area contributed by atoms with Crippen LogP contribution in [0.5, 0.6) is 0 Å². The van der Waals surface area contributed by atoms with Crippen LogP contribution in [0.25, 0.3) is 0 Å². The Hall–Kier alpha value is -1.31. The van der Waals surface area contributed by atoms with Crippen molar-refractivity contribution in [3.05, 3.63) is 16.1 Å². The number of thiazole rings is 1. The van der Waals surface area contributed by atoms with Gasteiger partial charge in [0.1, 0.15) is 10.6 Å². The number of carbonyl (C=O) groups excluding carboxylic acids is 1. The second-order valence-electron chi connectivity index (χ2n) is 7.37. The molecule has 29 heavy (non-hydrogen) atoms. The van der Waals surface area contributed by atoms with E-state index in [0.717, 1.165) is 23.1 Å². The highest BCUT2D eigenvalue weighted by molar-refractivity contribution is 14.0. The van der Waals surface area contributed by atoms with E-state index in [4.69, 9.17) is 4.74 Å². The Kier molecular flexibility index (Phi) is 9.44. The van der Waals surface area contributed by atoms with E-state index >= 15 is 0 Å². The molecule has 2 heterocycles. The van der Waals surface area contributed by atoms with Gasteiger partial charge in [-0.3, -0.25) is 0 Å². The summed E-state index contributed by atoms with van der Waals surface area (Å²) in [5, 5.41) is 7.26. The molecule has 1 fully saturated rings. The van der Waals surface area contributed by atoms with E-state index in [-0.39, 0.29) is 36.6 Å². The van der Waals surface area contributed by atoms with Crippen molar-refractivity contribution < 1.29 is 22.7 Å². The highest BCUT2D eigenvalue weighted by Crippen LogP contribution is 2.30. The van der Waals surface area contributed by atoms with Crippen LogP contribution >= 0.6 is 35.3 Å². The zero-order valence-electron chi connectivity index (χ0n) is 16.8. The number of ether oxygens (including phenoxy) is 1. The lowest BCUT2D eigenvalue weighted by atomic mass is 10.2. The highest BCUT2D eigenvalue weighted by atomic mass is 127. The Morgan fingerprint density at radius 1 is 1.41 bits per heavy atom. The van der Waals surface area contributed by atoms with Crippen LogP contribution in [0.15, 0.2) is 10.4 Å². The standard InChI is InChI=1S/C17H26F3N5O2S.HI/c1-5-21-14(22-8-13-24-12(10-28-13)17(18,19)20)25-7-6-11(9-25)23-15(26)27-16(2,3)4;/h10-11H,5-9H2,1-4H3,(H,21,22)(H,23,26);1H. The molecule has 0 aromatic carbocycles. The van der Waals surface area contributed by atoms with E-state index in [0.29, 0.717) is 30.6 Å². The Labute approximate surface area is 189 Å². The molecule has 12 heteroatoms. The van der Waals surface area contributed by atoms with E-state index in [1.54, 1.807) is 20.8 Å². The lowest BCUT2D eigenvalue weighted by molar-refractivity contribution is -0.140. The summed E-state index contributed by atoms with van der Waals surface area (Å²) in [6, 6.07) is -0.0876. The van der Waals surface area contributed by atoms with Gasteiger partial charge >= 0.3 is 12.3 Å². The minimum Gasteiger partial charge on any atom is -0.444 e. The van der Waals surface area contributed by atoms with Gasteiger partial charge in [0.25, 0.3) is 0 Å². The predicted molar refractivity (Wildman–Crippen MR) is 117 cm³/mol. The number of halogens is 4. The fourth-order valence-corrected chi connectivity index (χ4v) is 3.35. The second kappa shape index (κ2) is 10.6. The van der Waals surface area contributed by atoms with Crippen LogP contribution < -0.4 is 10.6 Å². The Morgan fingerprint density at radius 3 is 2.66 bits per heavy atom. The van der Waals surface area contributed by atoms with Crippen LogP contribution in [-0.4, -0.2) is 53.2 Å². The van der Waals surface area contributed by atoms with E-state index in [9.17, 15) is 18.0 Å². The van der Waals surface area contributed by atoms with Gasteiger partial charge in [0.2, 0.25) is 0 Å². The molecule has 0 radical (unpaired) electrons. The Balaban J connectivity index is 0.00000420. The molecule has 0 spiro atoms. The first-order valence-electron chi connectivity index (χ1n) is 9.02. The molecule has 1 aromatic rings. The molecule has 0 saturated carbocycles. The molecule has 1 aliphatic rings. The molecule has 2 N–H and O–H groups in total. The fourth-order valence-electron chi connectivity index (χ4n) is 2.63. The van der Waals surface area contributed by atoms with Gasteiger partial charge in [0.15, 0.2) is 11.7 Å². The largest absolute Gasteiger partial charge is 0.444 e. The number of nitrogens with zero attached hydrogens (tertiary/aromatic N) is 3. The molecule has 1 unspecified atom stereocenters. The van der Waals surface area contributed by atoms with Crippen LogP contribution in [0, 0.1) is 0 Å². The number of likely N-dealkylation sites (tertiary alicyclic amines) is 1. The third kappa shape index (κ3) is 8.52. The van der Waals surface area contributed by atoms with Gasteiger partial charge < -0.3 is 20.3 Å². The number of hydrogen-bond donors (Lipinski definition) is 2. The summed E-state index contributed by atoms with van der Waals surface area (Å²) in [7, 11) is 0. The summed E-state index contributed by atoms with van der Waals surface area (Å²) in [4.78, 5) is 21.9.